The molecule has 0 saturated carbocycles. The highest BCUT2D eigenvalue weighted by atomic mass is 35.5. The number of nitriles is 1. The largest absolute Gasteiger partial charge is 0.493 e. The zero-order valence-corrected chi connectivity index (χ0v) is 17.2. The van der Waals surface area contributed by atoms with E-state index >= 15 is 0 Å². The maximum absolute atomic E-state index is 11.6. The number of benzene rings is 2. The number of hydrogen-bond donors (Lipinski definition) is 1. The van der Waals surface area contributed by atoms with Gasteiger partial charge in [-0.05, 0) is 42.0 Å². The van der Waals surface area contributed by atoms with E-state index in [0.29, 0.717) is 34.3 Å². The van der Waals surface area contributed by atoms with E-state index in [4.69, 9.17) is 26.8 Å². The quantitative estimate of drug-likeness (QED) is 0.462. The minimum Gasteiger partial charge on any atom is -0.493 e. The minimum absolute atomic E-state index is 0.168. The fourth-order valence-electron chi connectivity index (χ4n) is 2.97. The number of nitrogens with two attached hydrogens (primary N) is 1. The van der Waals surface area contributed by atoms with Gasteiger partial charge in [-0.2, -0.15) is 10.4 Å². The van der Waals surface area contributed by atoms with E-state index in [9.17, 15) is 10.1 Å². The van der Waals surface area contributed by atoms with Gasteiger partial charge in [-0.1, -0.05) is 23.7 Å². The van der Waals surface area contributed by atoms with E-state index in [1.807, 2.05) is 30.3 Å². The van der Waals surface area contributed by atoms with Gasteiger partial charge in [0.15, 0.2) is 11.5 Å². The Balaban J connectivity index is 2.11. The van der Waals surface area contributed by atoms with Crippen LogP contribution >= 0.6 is 11.6 Å². The van der Waals surface area contributed by atoms with Crippen molar-refractivity contribution in [3.63, 3.8) is 0 Å². The van der Waals surface area contributed by atoms with Crippen LogP contribution in [0.1, 0.15) is 11.1 Å². The van der Waals surface area contributed by atoms with Gasteiger partial charge in [-0.15, -0.1) is 0 Å². The standard InChI is InChI=1S/C22H19ClN4O3/c1-29-19-7-6-15(10-20(19)30-2)21-17(9-16(11-24)22(25)28)13-27(26-21)12-14-4-3-5-18(23)8-14/h3-10,13H,12H2,1-2H3,(H2,25,28)/b16-9+. The van der Waals surface area contributed by atoms with Crippen LogP contribution in [0.5, 0.6) is 11.5 Å². The molecule has 3 rings (SSSR count). The van der Waals surface area contributed by atoms with Crippen molar-refractivity contribution >= 4 is 23.6 Å². The third-order valence-corrected chi connectivity index (χ3v) is 4.60. The van der Waals surface area contributed by atoms with Gasteiger partial charge in [0.2, 0.25) is 0 Å². The Labute approximate surface area is 178 Å². The van der Waals surface area contributed by atoms with Gasteiger partial charge in [0.05, 0.1) is 26.5 Å². The fourth-order valence-corrected chi connectivity index (χ4v) is 3.18. The molecule has 0 aliphatic carbocycles. The number of nitrogens with zero attached hydrogens (tertiary/aromatic N) is 3. The molecule has 0 unspecified atom stereocenters. The van der Waals surface area contributed by atoms with Gasteiger partial charge in [-0.25, -0.2) is 0 Å². The minimum atomic E-state index is -0.807. The van der Waals surface area contributed by atoms with Crippen molar-refractivity contribution in [3.8, 4) is 28.8 Å². The zero-order chi connectivity index (χ0) is 21.7. The number of methoxy groups -OCH3 is 2. The highest BCUT2D eigenvalue weighted by Gasteiger charge is 2.15. The normalized spacial score (nSPS) is 11.1. The highest BCUT2D eigenvalue weighted by molar-refractivity contribution is 6.30. The molecule has 0 fully saturated rings. The van der Waals surface area contributed by atoms with Crippen molar-refractivity contribution < 1.29 is 14.3 Å². The lowest BCUT2D eigenvalue weighted by atomic mass is 10.1. The van der Waals surface area contributed by atoms with Gasteiger partial charge in [0.1, 0.15) is 11.6 Å². The summed E-state index contributed by atoms with van der Waals surface area (Å²) in [7, 11) is 3.10. The van der Waals surface area contributed by atoms with Crippen molar-refractivity contribution in [1.82, 2.24) is 9.78 Å². The topological polar surface area (TPSA) is 103 Å². The summed E-state index contributed by atoms with van der Waals surface area (Å²) in [6, 6.07) is 14.6. The Morgan fingerprint density at radius 1 is 1.23 bits per heavy atom. The summed E-state index contributed by atoms with van der Waals surface area (Å²) in [6.07, 6.45) is 3.17. The molecule has 3 aromatic rings. The summed E-state index contributed by atoms with van der Waals surface area (Å²) in [4.78, 5) is 11.6. The first kappa shape index (κ1) is 21.0. The number of primary amides is 1. The van der Waals surface area contributed by atoms with Gasteiger partial charge >= 0.3 is 0 Å². The number of ether oxygens (including phenoxy) is 2. The van der Waals surface area contributed by atoms with Crippen LogP contribution in [-0.2, 0) is 11.3 Å². The van der Waals surface area contributed by atoms with E-state index in [-0.39, 0.29) is 5.57 Å². The lowest BCUT2D eigenvalue weighted by Crippen LogP contribution is -2.12. The first-order valence-electron chi connectivity index (χ1n) is 8.91. The van der Waals surface area contributed by atoms with Gasteiger partial charge in [0.25, 0.3) is 5.91 Å². The van der Waals surface area contributed by atoms with Crippen molar-refractivity contribution in [2.24, 2.45) is 5.73 Å². The monoisotopic (exact) mass is 422 g/mol. The predicted molar refractivity (Wildman–Crippen MR) is 114 cm³/mol. The molecule has 2 aromatic carbocycles. The van der Waals surface area contributed by atoms with Crippen LogP contribution < -0.4 is 15.2 Å². The van der Waals surface area contributed by atoms with E-state index in [0.717, 1.165) is 11.1 Å². The van der Waals surface area contributed by atoms with Crippen LogP contribution in [0, 0.1) is 11.3 Å². The number of carbonyl (C=O) groups is 1. The lowest BCUT2D eigenvalue weighted by Gasteiger charge is -2.09. The molecular formula is C22H19ClN4O3. The molecule has 1 heterocycles. The second kappa shape index (κ2) is 9.16. The molecule has 152 valence electrons. The molecule has 8 heteroatoms. The maximum Gasteiger partial charge on any atom is 0.259 e. The van der Waals surface area contributed by atoms with Crippen LogP contribution in [0.3, 0.4) is 0 Å². The number of rotatable bonds is 7. The van der Waals surface area contributed by atoms with E-state index in [1.54, 1.807) is 43.3 Å². The van der Waals surface area contributed by atoms with Crippen molar-refractivity contribution in [2.75, 3.05) is 14.2 Å². The molecular weight excluding hydrogens is 404 g/mol. The summed E-state index contributed by atoms with van der Waals surface area (Å²) in [5.41, 5.74) is 7.95. The number of hydrogen-bond acceptors (Lipinski definition) is 5. The number of halogens is 1. The third-order valence-electron chi connectivity index (χ3n) is 4.37. The Morgan fingerprint density at radius 3 is 2.63 bits per heavy atom. The van der Waals surface area contributed by atoms with Crippen molar-refractivity contribution in [3.05, 3.63) is 70.4 Å². The molecule has 0 aliphatic rings. The van der Waals surface area contributed by atoms with Gasteiger partial charge < -0.3 is 15.2 Å². The SMILES string of the molecule is COc1ccc(-c2nn(Cc3cccc(Cl)c3)cc2/C=C(\C#N)C(N)=O)cc1OC. The molecule has 0 bridgehead atoms. The molecule has 30 heavy (non-hydrogen) atoms. The molecule has 2 N–H and O–H groups in total. The summed E-state index contributed by atoms with van der Waals surface area (Å²) < 4.78 is 12.4. The summed E-state index contributed by atoms with van der Waals surface area (Å²) in [6.45, 7) is 0.452. The average molecular weight is 423 g/mol. The molecule has 0 radical (unpaired) electrons. The van der Waals surface area contributed by atoms with Crippen molar-refractivity contribution in [1.29, 1.82) is 5.26 Å². The van der Waals surface area contributed by atoms with Crippen LogP contribution in [0.2, 0.25) is 5.02 Å². The second-order valence-electron chi connectivity index (χ2n) is 6.36. The highest BCUT2D eigenvalue weighted by Crippen LogP contribution is 2.33. The Bertz CT molecular complexity index is 1160. The molecule has 0 atom stereocenters. The Morgan fingerprint density at radius 2 is 2.00 bits per heavy atom. The lowest BCUT2D eigenvalue weighted by molar-refractivity contribution is -0.114. The van der Waals surface area contributed by atoms with Crippen LogP contribution in [0.25, 0.3) is 17.3 Å². The van der Waals surface area contributed by atoms with Crippen molar-refractivity contribution in [2.45, 2.75) is 6.54 Å². The van der Waals surface area contributed by atoms with Crippen LogP contribution in [0.4, 0.5) is 0 Å². The second-order valence-corrected chi connectivity index (χ2v) is 6.80. The number of amides is 1. The number of aromatic nitrogens is 2. The summed E-state index contributed by atoms with van der Waals surface area (Å²) >= 11 is 6.08. The Kier molecular flexibility index (Phi) is 6.40. The van der Waals surface area contributed by atoms with E-state index in [1.165, 1.54) is 6.08 Å². The van der Waals surface area contributed by atoms with Crippen LogP contribution in [0.15, 0.2) is 54.2 Å². The van der Waals surface area contributed by atoms with Gasteiger partial charge in [0, 0.05) is 22.3 Å². The molecule has 0 saturated heterocycles. The molecule has 1 aromatic heterocycles. The summed E-state index contributed by atoms with van der Waals surface area (Å²) in [5, 5.41) is 14.5. The first-order valence-corrected chi connectivity index (χ1v) is 9.29. The Hall–Kier alpha value is -3.76. The molecule has 0 aliphatic heterocycles. The predicted octanol–water partition coefficient (Wildman–Crippen LogP) is 3.66. The maximum atomic E-state index is 11.6. The zero-order valence-electron chi connectivity index (χ0n) is 16.4. The van der Waals surface area contributed by atoms with Crippen LogP contribution in [-0.4, -0.2) is 29.9 Å². The fraction of sp³-hybridized carbons (Fsp3) is 0.136. The first-order chi connectivity index (χ1) is 14.4. The van der Waals surface area contributed by atoms with Gasteiger partial charge in [-0.3, -0.25) is 9.48 Å². The molecule has 0 spiro atoms. The number of carbonyl (C=O) groups excluding carboxylic acids is 1. The summed E-state index contributed by atoms with van der Waals surface area (Å²) in [5.74, 6) is 0.301. The molecule has 7 nitrogen and oxygen atoms in total. The van der Waals surface area contributed by atoms with E-state index < -0.39 is 5.91 Å². The average Bonchev–Trinajstić information content (AvgIpc) is 3.13. The third kappa shape index (κ3) is 4.62. The smallest absolute Gasteiger partial charge is 0.259 e. The van der Waals surface area contributed by atoms with E-state index in [2.05, 4.69) is 5.10 Å². The molecule has 1 amide bonds.